The fourth-order valence-electron chi connectivity index (χ4n) is 9.37. The van der Waals surface area contributed by atoms with E-state index in [0.29, 0.717) is 0 Å². The van der Waals surface area contributed by atoms with Gasteiger partial charge in [-0.3, -0.25) is 0 Å². The van der Waals surface area contributed by atoms with Crippen LogP contribution in [0.5, 0.6) is 0 Å². The predicted molar refractivity (Wildman–Crippen MR) is 101 cm³/mol. The second-order valence-corrected chi connectivity index (χ2v) is 11.4. The van der Waals surface area contributed by atoms with E-state index in [1.807, 2.05) is 0 Å². The van der Waals surface area contributed by atoms with Gasteiger partial charge in [-0.25, -0.2) is 0 Å². The van der Waals surface area contributed by atoms with Crippen LogP contribution in [-0.2, 0) is 0 Å². The molecule has 0 aromatic heterocycles. The highest BCUT2D eigenvalue weighted by Gasteiger charge is 2.54. The molecule has 8 rings (SSSR count). The first-order valence-corrected chi connectivity index (χ1v) is 11.1. The summed E-state index contributed by atoms with van der Waals surface area (Å²) in [6.45, 7) is 0. The molecule has 8 saturated carbocycles. The van der Waals surface area contributed by atoms with Crippen LogP contribution in [0.1, 0.15) is 77.0 Å². The lowest BCUT2D eigenvalue weighted by Crippen LogP contribution is -2.51. The molecule has 8 fully saturated rings. The first-order valence-electron chi connectivity index (χ1n) is 11.1. The van der Waals surface area contributed by atoms with Crippen LogP contribution < -0.4 is 5.73 Å². The zero-order valence-electron chi connectivity index (χ0n) is 15.6. The van der Waals surface area contributed by atoms with E-state index in [1.54, 1.807) is 0 Å². The Labute approximate surface area is 152 Å². The number of rotatable bonds is 3. The summed E-state index contributed by atoms with van der Waals surface area (Å²) in [5, 5.41) is 9.05. The zero-order chi connectivity index (χ0) is 16.8. The van der Waals surface area contributed by atoms with E-state index in [9.17, 15) is 0 Å². The number of allylic oxidation sites excluding steroid dienone is 2. The van der Waals surface area contributed by atoms with E-state index < -0.39 is 0 Å². The van der Waals surface area contributed by atoms with Crippen LogP contribution in [0.4, 0.5) is 0 Å². The third kappa shape index (κ3) is 2.18. The third-order valence-corrected chi connectivity index (χ3v) is 9.56. The van der Waals surface area contributed by atoms with Crippen LogP contribution in [0.2, 0.25) is 0 Å². The molecule has 136 valence electrons. The minimum Gasteiger partial charge on any atom is -0.402 e. The second-order valence-electron chi connectivity index (χ2n) is 11.4. The largest absolute Gasteiger partial charge is 0.402 e. The molecule has 0 atom stereocenters. The Kier molecular flexibility index (Phi) is 3.01. The molecule has 2 nitrogen and oxygen atoms in total. The lowest BCUT2D eigenvalue weighted by molar-refractivity contribution is -0.0314. The average molecular weight is 339 g/mol. The van der Waals surface area contributed by atoms with Gasteiger partial charge < -0.3 is 11.1 Å². The summed E-state index contributed by atoms with van der Waals surface area (Å²) < 4.78 is 0. The Hall–Kier alpha value is -0.790. The topological polar surface area (TPSA) is 49.9 Å². The van der Waals surface area contributed by atoms with E-state index >= 15 is 0 Å². The van der Waals surface area contributed by atoms with Gasteiger partial charge in [-0.1, -0.05) is 0 Å². The first-order chi connectivity index (χ1) is 12.0. The van der Waals surface area contributed by atoms with Crippen molar-refractivity contribution in [1.29, 1.82) is 5.41 Å². The molecule has 0 spiro atoms. The summed E-state index contributed by atoms with van der Waals surface area (Å²) in [6.07, 6.45) is 18.9. The van der Waals surface area contributed by atoms with Gasteiger partial charge in [0.15, 0.2) is 0 Å². The normalized spacial score (nSPS) is 55.8. The van der Waals surface area contributed by atoms with Crippen molar-refractivity contribution in [1.82, 2.24) is 0 Å². The summed E-state index contributed by atoms with van der Waals surface area (Å²) in [5.41, 5.74) is 9.35. The Bertz CT molecular complexity index is 572. The van der Waals surface area contributed by atoms with Gasteiger partial charge >= 0.3 is 0 Å². The highest BCUT2D eigenvalue weighted by atomic mass is 14.7. The zero-order valence-corrected chi connectivity index (χ0v) is 15.6. The second kappa shape index (κ2) is 4.93. The Morgan fingerprint density at radius 2 is 0.960 bits per heavy atom. The van der Waals surface area contributed by atoms with Crippen molar-refractivity contribution >= 4 is 5.71 Å². The van der Waals surface area contributed by atoms with E-state index in [4.69, 9.17) is 11.1 Å². The van der Waals surface area contributed by atoms with Crippen molar-refractivity contribution in [2.75, 3.05) is 0 Å². The van der Waals surface area contributed by atoms with Crippen LogP contribution >= 0.6 is 0 Å². The molecule has 2 heteroatoms. The van der Waals surface area contributed by atoms with Crippen molar-refractivity contribution in [3.8, 4) is 0 Å². The number of nitrogens with one attached hydrogen (secondary N) is 1. The maximum atomic E-state index is 9.05. The summed E-state index contributed by atoms with van der Waals surface area (Å²) in [6, 6.07) is 0. The smallest absolute Gasteiger partial charge is 0.0393 e. The summed E-state index contributed by atoms with van der Waals surface area (Å²) in [7, 11) is 0. The van der Waals surface area contributed by atoms with Gasteiger partial charge in [-0.15, -0.1) is 0 Å². The molecule has 8 bridgehead atoms. The van der Waals surface area contributed by atoms with Crippen LogP contribution in [0.25, 0.3) is 0 Å². The minimum absolute atomic E-state index is 0.210. The third-order valence-electron chi connectivity index (χ3n) is 9.56. The van der Waals surface area contributed by atoms with E-state index in [1.165, 1.54) is 77.0 Å². The van der Waals surface area contributed by atoms with Gasteiger partial charge in [-0.05, 0) is 119 Å². The molecule has 25 heavy (non-hydrogen) atoms. The van der Waals surface area contributed by atoms with Gasteiger partial charge in [0.05, 0.1) is 0 Å². The lowest BCUT2D eigenvalue weighted by atomic mass is 9.47. The molecule has 0 heterocycles. The summed E-state index contributed by atoms with van der Waals surface area (Å²) >= 11 is 0. The summed E-state index contributed by atoms with van der Waals surface area (Å²) in [5.74, 6) is 5.56. The Balaban J connectivity index is 1.29. The molecule has 0 amide bonds. The van der Waals surface area contributed by atoms with E-state index in [0.717, 1.165) is 46.9 Å². The number of hydrogen-bond donors (Lipinski definition) is 2. The molecule has 0 aliphatic heterocycles. The van der Waals surface area contributed by atoms with Gasteiger partial charge in [0.2, 0.25) is 0 Å². The molecule has 0 aromatic carbocycles. The van der Waals surface area contributed by atoms with Crippen LogP contribution in [0.15, 0.2) is 11.8 Å². The molecule has 0 saturated heterocycles. The molecule has 0 aromatic rings. The number of hydrogen-bond acceptors (Lipinski definition) is 2. The quantitative estimate of drug-likeness (QED) is 0.676. The molecular formula is C23H34N2. The fourth-order valence-corrected chi connectivity index (χ4v) is 9.37. The number of nitrogens with two attached hydrogens (primary N) is 1. The van der Waals surface area contributed by atoms with Crippen LogP contribution in [0, 0.1) is 51.7 Å². The maximum absolute atomic E-state index is 9.05. The predicted octanol–water partition coefficient (Wildman–Crippen LogP) is 5.28. The highest BCUT2D eigenvalue weighted by Crippen LogP contribution is 2.63. The van der Waals surface area contributed by atoms with Crippen molar-refractivity contribution < 1.29 is 0 Å². The van der Waals surface area contributed by atoms with Gasteiger partial charge in [0, 0.05) is 22.2 Å². The van der Waals surface area contributed by atoms with Crippen molar-refractivity contribution in [2.45, 2.75) is 77.0 Å². The lowest BCUT2D eigenvalue weighted by Gasteiger charge is -2.58. The average Bonchev–Trinajstić information content (AvgIpc) is 2.52. The van der Waals surface area contributed by atoms with Crippen LogP contribution in [-0.4, -0.2) is 5.71 Å². The fraction of sp³-hybridized carbons (Fsp3) is 0.870. The molecule has 8 aliphatic carbocycles. The highest BCUT2D eigenvalue weighted by molar-refractivity contribution is 5.98. The minimum atomic E-state index is 0.210. The monoisotopic (exact) mass is 338 g/mol. The van der Waals surface area contributed by atoms with Crippen molar-refractivity contribution in [2.24, 2.45) is 52.1 Å². The SMILES string of the molecule is N=C(/C=C(\N)C12CC3CC(CC(C3)C1)C2)C12CC3CC(CC(C3)C1)C2. The van der Waals surface area contributed by atoms with Gasteiger partial charge in [-0.2, -0.15) is 0 Å². The van der Waals surface area contributed by atoms with E-state index in [-0.39, 0.29) is 10.8 Å². The summed E-state index contributed by atoms with van der Waals surface area (Å²) in [4.78, 5) is 0. The maximum Gasteiger partial charge on any atom is 0.0393 e. The Morgan fingerprint density at radius 1 is 0.640 bits per heavy atom. The first kappa shape index (κ1) is 15.3. The van der Waals surface area contributed by atoms with Crippen molar-refractivity contribution in [3.05, 3.63) is 11.8 Å². The molecule has 8 aliphatic rings. The molecule has 0 radical (unpaired) electrons. The van der Waals surface area contributed by atoms with Gasteiger partial charge in [0.1, 0.15) is 0 Å². The van der Waals surface area contributed by atoms with E-state index in [2.05, 4.69) is 6.08 Å². The Morgan fingerprint density at radius 3 is 1.32 bits per heavy atom. The van der Waals surface area contributed by atoms with Crippen molar-refractivity contribution in [3.63, 3.8) is 0 Å². The standard InChI is InChI=1S/C23H34N2/c24-20(22-8-14-1-15(9-22)3-16(2-14)10-22)7-21(25)23-11-17-4-18(12-23)6-19(5-17)13-23/h7,14-19,24H,1-6,8-13,25H2/b21-7-,24-20?. The molecule has 3 N–H and O–H groups in total. The molecular weight excluding hydrogens is 304 g/mol. The molecule has 0 unspecified atom stereocenters. The van der Waals surface area contributed by atoms with Gasteiger partial charge in [0.25, 0.3) is 0 Å². The van der Waals surface area contributed by atoms with Crippen LogP contribution in [0.3, 0.4) is 0 Å².